The molecule has 0 aliphatic carbocycles. The summed E-state index contributed by atoms with van der Waals surface area (Å²) in [7, 11) is 0. The van der Waals surface area contributed by atoms with Crippen LogP contribution in [-0.4, -0.2) is 20.6 Å². The molecule has 2 heterocycles. The van der Waals surface area contributed by atoms with E-state index in [1.54, 1.807) is 0 Å². The first-order chi connectivity index (χ1) is 14.9. The van der Waals surface area contributed by atoms with Gasteiger partial charge < -0.3 is 0 Å². The molecule has 0 saturated carbocycles. The van der Waals surface area contributed by atoms with Crippen molar-refractivity contribution in [1.29, 1.82) is 0 Å². The second-order valence-corrected chi connectivity index (χ2v) is 12.5. The monoisotopic (exact) mass is 448 g/mol. The third-order valence-electron chi connectivity index (χ3n) is 6.08. The normalized spacial score (nSPS) is 21.1. The van der Waals surface area contributed by atoms with Crippen LogP contribution in [0.25, 0.3) is 0 Å². The quantitative estimate of drug-likeness (QED) is 0.360. The fourth-order valence-corrected chi connectivity index (χ4v) is 12.3. The molecular weight excluding hydrogens is 427 g/mol. The molecule has 1 saturated heterocycles. The molecule has 2 atom stereocenters. The minimum absolute atomic E-state index is 0.0400. The van der Waals surface area contributed by atoms with E-state index < -0.39 is 14.9 Å². The number of anilines is 1. The van der Waals surface area contributed by atoms with Crippen molar-refractivity contribution in [2.24, 2.45) is 5.10 Å². The molecule has 4 aromatic rings. The Morgan fingerprint density at radius 2 is 1.07 bits per heavy atom. The molecule has 2 unspecified atom stereocenters. The molecule has 0 radical (unpaired) electrons. The van der Waals surface area contributed by atoms with E-state index in [1.807, 2.05) is 0 Å². The maximum atomic E-state index is 5.22. The van der Waals surface area contributed by atoms with Crippen molar-refractivity contribution >= 4 is 26.3 Å². The second kappa shape index (κ2) is 7.00. The van der Waals surface area contributed by atoms with E-state index >= 15 is 0 Å². The molecule has 3 heteroatoms. The molecule has 0 N–H and O–H groups in total. The summed E-state index contributed by atoms with van der Waals surface area (Å²) in [6.07, 6.45) is 0. The molecule has 0 amide bonds. The van der Waals surface area contributed by atoms with Gasteiger partial charge in [-0.05, 0) is 0 Å². The summed E-state index contributed by atoms with van der Waals surface area (Å²) < 4.78 is 2.90. The molecule has 2 nitrogen and oxygen atoms in total. The third kappa shape index (κ3) is 2.54. The Balaban J connectivity index is 1.58. The third-order valence-corrected chi connectivity index (χ3v) is 12.5. The van der Waals surface area contributed by atoms with E-state index in [2.05, 4.69) is 125 Å². The van der Waals surface area contributed by atoms with E-state index in [-0.39, 0.29) is 4.20 Å². The topological polar surface area (TPSA) is 15.6 Å². The van der Waals surface area contributed by atoms with Crippen molar-refractivity contribution in [2.75, 3.05) is 3.93 Å². The Morgan fingerprint density at radius 1 is 0.600 bits per heavy atom. The van der Waals surface area contributed by atoms with Crippen LogP contribution in [0.2, 0.25) is 4.71 Å². The molecule has 4 aromatic carbocycles. The molecule has 6 rings (SSSR count). The summed E-state index contributed by atoms with van der Waals surface area (Å²) in [5.74, 6) is 0. The average Bonchev–Trinajstić information content (AvgIpc) is 3.36. The van der Waals surface area contributed by atoms with Gasteiger partial charge in [0, 0.05) is 0 Å². The van der Waals surface area contributed by atoms with Gasteiger partial charge in [-0.2, -0.15) is 0 Å². The van der Waals surface area contributed by atoms with Gasteiger partial charge in [-0.15, -0.1) is 0 Å². The Labute approximate surface area is 182 Å². The summed E-state index contributed by atoms with van der Waals surface area (Å²) in [6.45, 7) is 0. The first kappa shape index (κ1) is 17.7. The molecule has 144 valence electrons. The minimum atomic E-state index is -1.62. The summed E-state index contributed by atoms with van der Waals surface area (Å²) in [4.78, 5) is 0. The number of rotatable bonds is 4. The van der Waals surface area contributed by atoms with Crippen LogP contribution in [0.1, 0.15) is 16.7 Å². The van der Waals surface area contributed by atoms with Crippen LogP contribution >= 0.6 is 0 Å². The maximum absolute atomic E-state index is 5.22. The zero-order valence-electron chi connectivity index (χ0n) is 16.5. The SMILES string of the molecule is c1ccc(C2=NN(c3ccccc3)[As]3C2C3(c2ccccc2)c2ccccc2)cc1. The molecule has 0 bridgehead atoms. The fourth-order valence-electron chi connectivity index (χ4n) is 4.76. The number of hydrogen-bond donors (Lipinski definition) is 0. The van der Waals surface area contributed by atoms with Crippen molar-refractivity contribution in [2.45, 2.75) is 8.91 Å². The number of para-hydroxylation sites is 1. The van der Waals surface area contributed by atoms with Crippen molar-refractivity contribution in [3.05, 3.63) is 138 Å². The molecular formula is C27H21AsN2. The molecule has 0 spiro atoms. The summed E-state index contributed by atoms with van der Waals surface area (Å²) in [6, 6.07) is 43.6. The molecule has 2 aliphatic heterocycles. The first-order valence-corrected chi connectivity index (χ1v) is 13.2. The van der Waals surface area contributed by atoms with Crippen LogP contribution in [0.15, 0.2) is 126 Å². The number of fused-ring (bicyclic) bond motifs is 1. The van der Waals surface area contributed by atoms with E-state index in [4.69, 9.17) is 5.10 Å². The van der Waals surface area contributed by atoms with E-state index in [0.29, 0.717) is 4.71 Å². The first-order valence-electron chi connectivity index (χ1n) is 10.3. The van der Waals surface area contributed by atoms with Gasteiger partial charge in [-0.1, -0.05) is 0 Å². The molecule has 30 heavy (non-hydrogen) atoms. The summed E-state index contributed by atoms with van der Waals surface area (Å²) in [5.41, 5.74) is 6.54. The van der Waals surface area contributed by atoms with Crippen molar-refractivity contribution in [3.8, 4) is 0 Å². The van der Waals surface area contributed by atoms with Gasteiger partial charge in [0.15, 0.2) is 0 Å². The Kier molecular flexibility index (Phi) is 4.14. The van der Waals surface area contributed by atoms with Crippen molar-refractivity contribution in [1.82, 2.24) is 0 Å². The Hall–Kier alpha value is -3.09. The van der Waals surface area contributed by atoms with Gasteiger partial charge >= 0.3 is 182 Å². The molecule has 1 fully saturated rings. The molecule has 0 aromatic heterocycles. The predicted molar refractivity (Wildman–Crippen MR) is 125 cm³/mol. The number of benzene rings is 4. The molecule has 2 aliphatic rings. The van der Waals surface area contributed by atoms with Gasteiger partial charge in [0.1, 0.15) is 0 Å². The van der Waals surface area contributed by atoms with Crippen LogP contribution in [0.3, 0.4) is 0 Å². The Bertz CT molecular complexity index is 1150. The van der Waals surface area contributed by atoms with Gasteiger partial charge in [0.05, 0.1) is 0 Å². The van der Waals surface area contributed by atoms with E-state index in [1.165, 1.54) is 28.1 Å². The van der Waals surface area contributed by atoms with Gasteiger partial charge in [0.2, 0.25) is 0 Å². The number of hydrogen-bond acceptors (Lipinski definition) is 2. The number of nitrogens with zero attached hydrogens (tertiary/aromatic N) is 2. The van der Waals surface area contributed by atoms with Crippen molar-refractivity contribution < 1.29 is 0 Å². The van der Waals surface area contributed by atoms with Crippen LogP contribution in [0.4, 0.5) is 5.69 Å². The summed E-state index contributed by atoms with van der Waals surface area (Å²) in [5, 5.41) is 5.22. The van der Waals surface area contributed by atoms with Crippen molar-refractivity contribution in [3.63, 3.8) is 0 Å². The van der Waals surface area contributed by atoms with Crippen LogP contribution in [0.5, 0.6) is 0 Å². The van der Waals surface area contributed by atoms with Crippen LogP contribution in [0, 0.1) is 0 Å². The predicted octanol–water partition coefficient (Wildman–Crippen LogP) is 5.81. The van der Waals surface area contributed by atoms with E-state index in [0.717, 1.165) is 0 Å². The van der Waals surface area contributed by atoms with Gasteiger partial charge in [-0.3, -0.25) is 0 Å². The van der Waals surface area contributed by atoms with Crippen LogP contribution < -0.4 is 3.93 Å². The van der Waals surface area contributed by atoms with E-state index in [9.17, 15) is 0 Å². The van der Waals surface area contributed by atoms with Crippen LogP contribution in [-0.2, 0) is 4.20 Å². The standard InChI is InChI=1S/C27H21AsN2/c1-5-13-21(14-6-1)25-26-27(22-15-7-2-8-16-22,23-17-9-3-10-18-23)28(26)30(29-25)24-19-11-4-12-20-24/h1-20,26H. The van der Waals surface area contributed by atoms with Gasteiger partial charge in [-0.25, -0.2) is 0 Å². The zero-order valence-corrected chi connectivity index (χ0v) is 18.3. The average molecular weight is 448 g/mol. The fraction of sp³-hybridized carbons (Fsp3) is 0.0741. The second-order valence-electron chi connectivity index (χ2n) is 7.72. The zero-order chi connectivity index (χ0) is 20.0. The number of hydrazone groups is 1. The van der Waals surface area contributed by atoms with Gasteiger partial charge in [0.25, 0.3) is 0 Å². The summed E-state index contributed by atoms with van der Waals surface area (Å²) >= 11 is -1.62. The Morgan fingerprint density at radius 3 is 1.60 bits per heavy atom.